The summed E-state index contributed by atoms with van der Waals surface area (Å²) in [6.07, 6.45) is 0. The van der Waals surface area contributed by atoms with E-state index >= 15 is 0 Å². The molecule has 0 bridgehead atoms. The first-order valence-electron chi connectivity index (χ1n) is 6.29. The van der Waals surface area contributed by atoms with Gasteiger partial charge in [0, 0.05) is 10.0 Å². The van der Waals surface area contributed by atoms with E-state index in [1.54, 1.807) is 13.2 Å². The van der Waals surface area contributed by atoms with Crippen molar-refractivity contribution in [3.63, 3.8) is 0 Å². The third-order valence-electron chi connectivity index (χ3n) is 3.25. The van der Waals surface area contributed by atoms with Gasteiger partial charge in [0.2, 0.25) is 0 Å². The van der Waals surface area contributed by atoms with Gasteiger partial charge >= 0.3 is 0 Å². The number of rotatable bonds is 4. The van der Waals surface area contributed by atoms with Crippen LogP contribution in [0.5, 0.6) is 11.5 Å². The van der Waals surface area contributed by atoms with Gasteiger partial charge in [-0.25, -0.2) is 4.39 Å². The number of benzene rings is 2. The lowest BCUT2D eigenvalue weighted by molar-refractivity contribution is 0.386. The fourth-order valence-electron chi connectivity index (χ4n) is 2.07. The lowest BCUT2D eigenvalue weighted by Gasteiger charge is -2.17. The molecule has 0 amide bonds. The smallest absolute Gasteiger partial charge is 0.165 e. The van der Waals surface area contributed by atoms with Crippen LogP contribution in [-0.2, 0) is 0 Å². The van der Waals surface area contributed by atoms with Crippen molar-refractivity contribution in [2.45, 2.75) is 11.8 Å². The van der Waals surface area contributed by atoms with E-state index in [0.29, 0.717) is 0 Å². The summed E-state index contributed by atoms with van der Waals surface area (Å²) in [7, 11) is 3.07. The van der Waals surface area contributed by atoms with Crippen molar-refractivity contribution < 1.29 is 13.9 Å². The molecule has 2 nitrogen and oxygen atoms in total. The molecule has 0 saturated carbocycles. The highest BCUT2D eigenvalue weighted by molar-refractivity contribution is 9.10. The molecule has 5 heteroatoms. The van der Waals surface area contributed by atoms with Crippen LogP contribution in [0.1, 0.15) is 21.5 Å². The van der Waals surface area contributed by atoms with Crippen molar-refractivity contribution in [2.24, 2.45) is 0 Å². The Hall–Kier alpha value is -1.07. The van der Waals surface area contributed by atoms with E-state index in [4.69, 9.17) is 9.47 Å². The van der Waals surface area contributed by atoms with Crippen molar-refractivity contribution >= 4 is 31.9 Å². The van der Waals surface area contributed by atoms with Gasteiger partial charge in [-0.2, -0.15) is 0 Å². The van der Waals surface area contributed by atoms with Crippen molar-refractivity contribution in [3.05, 3.63) is 57.3 Å². The van der Waals surface area contributed by atoms with Crippen LogP contribution >= 0.6 is 31.9 Å². The highest BCUT2D eigenvalue weighted by Gasteiger charge is 2.18. The first kappa shape index (κ1) is 16.3. The van der Waals surface area contributed by atoms with Crippen molar-refractivity contribution in [3.8, 4) is 11.5 Å². The second kappa shape index (κ2) is 6.79. The number of ether oxygens (including phenoxy) is 2. The molecule has 112 valence electrons. The average Bonchev–Trinajstić information content (AvgIpc) is 2.48. The van der Waals surface area contributed by atoms with Crippen molar-refractivity contribution in [1.82, 2.24) is 0 Å². The van der Waals surface area contributed by atoms with Gasteiger partial charge < -0.3 is 9.47 Å². The molecule has 0 aliphatic carbocycles. The Labute approximate surface area is 140 Å². The Morgan fingerprint density at radius 3 is 2.29 bits per heavy atom. The largest absolute Gasteiger partial charge is 0.496 e. The summed E-state index contributed by atoms with van der Waals surface area (Å²) >= 11 is 7.13. The van der Waals surface area contributed by atoms with Gasteiger partial charge in [-0.15, -0.1) is 0 Å². The van der Waals surface area contributed by atoms with Gasteiger partial charge in [0.15, 0.2) is 11.6 Å². The minimum atomic E-state index is -0.385. The van der Waals surface area contributed by atoms with Gasteiger partial charge in [0.1, 0.15) is 5.75 Å². The number of methoxy groups -OCH3 is 2. The highest BCUT2D eigenvalue weighted by Crippen LogP contribution is 2.40. The third-order valence-corrected chi connectivity index (χ3v) is 5.13. The maximum Gasteiger partial charge on any atom is 0.165 e. The molecule has 0 radical (unpaired) electrons. The maximum absolute atomic E-state index is 13.9. The van der Waals surface area contributed by atoms with E-state index in [2.05, 4.69) is 31.9 Å². The Balaban J connectivity index is 2.46. The van der Waals surface area contributed by atoms with Gasteiger partial charge in [-0.3, -0.25) is 0 Å². The molecule has 0 heterocycles. The molecule has 0 aliphatic rings. The van der Waals surface area contributed by atoms with Crippen LogP contribution in [0, 0.1) is 12.7 Å². The molecule has 2 rings (SSSR count). The van der Waals surface area contributed by atoms with Crippen LogP contribution in [0.3, 0.4) is 0 Å². The van der Waals surface area contributed by atoms with E-state index in [0.717, 1.165) is 26.9 Å². The Morgan fingerprint density at radius 1 is 1.05 bits per heavy atom. The van der Waals surface area contributed by atoms with Gasteiger partial charge in [0.25, 0.3) is 0 Å². The molecular weight excluding hydrogens is 403 g/mol. The quantitative estimate of drug-likeness (QED) is 0.620. The zero-order chi connectivity index (χ0) is 15.6. The van der Waals surface area contributed by atoms with Crippen molar-refractivity contribution in [1.29, 1.82) is 0 Å². The molecule has 0 fully saturated rings. The zero-order valence-corrected chi connectivity index (χ0v) is 15.1. The van der Waals surface area contributed by atoms with Gasteiger partial charge in [-0.1, -0.05) is 37.9 Å². The van der Waals surface area contributed by atoms with Crippen LogP contribution in [0.4, 0.5) is 4.39 Å². The normalized spacial score (nSPS) is 12.1. The van der Waals surface area contributed by atoms with Gasteiger partial charge in [-0.05, 0) is 42.3 Å². The second-order valence-electron chi connectivity index (χ2n) is 4.60. The molecule has 0 spiro atoms. The molecule has 0 N–H and O–H groups in total. The monoisotopic (exact) mass is 416 g/mol. The van der Waals surface area contributed by atoms with E-state index in [1.165, 1.54) is 13.2 Å². The standard InChI is InChI=1S/C16H15Br2FO2/c1-9-6-15(21-3)11(8-12(9)17)16(18)10-4-5-14(20-2)13(19)7-10/h4-8,16H,1-3H3. The third kappa shape index (κ3) is 3.40. The molecule has 2 aromatic rings. The first-order valence-corrected chi connectivity index (χ1v) is 8.00. The molecular formula is C16H15Br2FO2. The Morgan fingerprint density at radius 2 is 1.71 bits per heavy atom. The summed E-state index contributed by atoms with van der Waals surface area (Å²) in [5.74, 6) is 0.605. The van der Waals surface area contributed by atoms with Crippen molar-refractivity contribution in [2.75, 3.05) is 14.2 Å². The number of hydrogen-bond acceptors (Lipinski definition) is 2. The molecule has 21 heavy (non-hydrogen) atoms. The number of hydrogen-bond donors (Lipinski definition) is 0. The number of alkyl halides is 1. The minimum Gasteiger partial charge on any atom is -0.496 e. The van der Waals surface area contributed by atoms with E-state index in [9.17, 15) is 4.39 Å². The van der Waals surface area contributed by atoms with Crippen LogP contribution in [0.25, 0.3) is 0 Å². The van der Waals surface area contributed by atoms with Crippen LogP contribution in [0.15, 0.2) is 34.8 Å². The summed E-state index contributed by atoms with van der Waals surface area (Å²) in [5, 5.41) is 0. The molecule has 1 unspecified atom stereocenters. The van der Waals surface area contributed by atoms with Gasteiger partial charge in [0.05, 0.1) is 19.0 Å². The lowest BCUT2D eigenvalue weighted by Crippen LogP contribution is -1.99. The maximum atomic E-state index is 13.9. The predicted molar refractivity (Wildman–Crippen MR) is 89.2 cm³/mol. The van der Waals surface area contributed by atoms with Crippen LogP contribution in [0.2, 0.25) is 0 Å². The van der Waals surface area contributed by atoms with Crippen LogP contribution in [-0.4, -0.2) is 14.2 Å². The molecule has 1 atom stereocenters. The fourth-order valence-corrected chi connectivity index (χ4v) is 3.07. The Bertz CT molecular complexity index is 659. The summed E-state index contributed by atoms with van der Waals surface area (Å²) < 4.78 is 25.2. The fraction of sp³-hybridized carbons (Fsp3) is 0.250. The van der Waals surface area contributed by atoms with E-state index in [1.807, 2.05) is 25.1 Å². The summed E-state index contributed by atoms with van der Waals surface area (Å²) in [6, 6.07) is 8.85. The average molecular weight is 418 g/mol. The summed E-state index contributed by atoms with van der Waals surface area (Å²) in [6.45, 7) is 1.99. The lowest BCUT2D eigenvalue weighted by atomic mass is 10.0. The molecule has 0 aromatic heterocycles. The second-order valence-corrected chi connectivity index (χ2v) is 6.37. The highest BCUT2D eigenvalue weighted by atomic mass is 79.9. The zero-order valence-electron chi connectivity index (χ0n) is 11.9. The topological polar surface area (TPSA) is 18.5 Å². The molecule has 2 aromatic carbocycles. The molecule has 0 saturated heterocycles. The van der Waals surface area contributed by atoms with Crippen LogP contribution < -0.4 is 9.47 Å². The van der Waals surface area contributed by atoms with E-state index in [-0.39, 0.29) is 16.4 Å². The van der Waals surface area contributed by atoms with E-state index < -0.39 is 0 Å². The Kier molecular flexibility index (Phi) is 5.27. The SMILES string of the molecule is COc1ccc(C(Br)c2cc(Br)c(C)cc2OC)cc1F. The summed E-state index contributed by atoms with van der Waals surface area (Å²) in [5.41, 5.74) is 2.80. The summed E-state index contributed by atoms with van der Waals surface area (Å²) in [4.78, 5) is -0.176. The predicted octanol–water partition coefficient (Wildman–Crippen LogP) is 5.40. The number of halogens is 3. The molecule has 0 aliphatic heterocycles. The minimum absolute atomic E-state index is 0.176. The first-order chi connectivity index (χ1) is 9.97. The number of aryl methyl sites for hydroxylation is 1.